The number of anilines is 1. The monoisotopic (exact) mass is 308 g/mol. The van der Waals surface area contributed by atoms with Crippen LogP contribution in [-0.2, 0) is 11.3 Å². The van der Waals surface area contributed by atoms with Gasteiger partial charge in [-0.25, -0.2) is 9.78 Å². The first-order valence-corrected chi connectivity index (χ1v) is 7.17. The van der Waals surface area contributed by atoms with Gasteiger partial charge >= 0.3 is 5.97 Å². The van der Waals surface area contributed by atoms with E-state index in [1.54, 1.807) is 17.5 Å². The molecule has 0 saturated heterocycles. The first-order valence-electron chi connectivity index (χ1n) is 5.91. The molecule has 4 nitrogen and oxygen atoms in total. The number of nitrogens with one attached hydrogen (secondary N) is 1. The topological polar surface area (TPSA) is 51.2 Å². The normalized spacial score (nSPS) is 10.1. The molecule has 0 radical (unpaired) electrons. The van der Waals surface area contributed by atoms with E-state index in [4.69, 9.17) is 16.3 Å². The third kappa shape index (κ3) is 3.82. The highest BCUT2D eigenvalue weighted by atomic mass is 35.5. The first-order chi connectivity index (χ1) is 9.70. The van der Waals surface area contributed by atoms with Crippen LogP contribution in [0.15, 0.2) is 42.3 Å². The van der Waals surface area contributed by atoms with Gasteiger partial charge in [-0.1, -0.05) is 35.9 Å². The van der Waals surface area contributed by atoms with Gasteiger partial charge in [0.2, 0.25) is 0 Å². The Bertz CT molecular complexity index is 613. The molecule has 0 fully saturated rings. The van der Waals surface area contributed by atoms with Crippen molar-refractivity contribution in [2.24, 2.45) is 0 Å². The van der Waals surface area contributed by atoms with E-state index in [1.165, 1.54) is 11.3 Å². The van der Waals surface area contributed by atoms with Crippen molar-refractivity contribution in [2.45, 2.75) is 6.61 Å². The molecule has 0 saturated carbocycles. The predicted octanol–water partition coefficient (Wildman–Crippen LogP) is 3.75. The molecule has 0 unspecified atom stereocenters. The Balaban J connectivity index is 1.93. The summed E-state index contributed by atoms with van der Waals surface area (Å²) in [6.45, 7) is 4.33. The van der Waals surface area contributed by atoms with Crippen molar-refractivity contribution in [3.63, 3.8) is 0 Å². The Hall–Kier alpha value is -1.85. The smallest absolute Gasteiger partial charge is 0.358 e. The fraction of sp³-hybridized carbons (Fsp3) is 0.143. The molecule has 6 heteroatoms. The molecule has 0 aliphatic rings. The summed E-state index contributed by atoms with van der Waals surface area (Å²) in [5, 5.41) is 5.90. The van der Waals surface area contributed by atoms with E-state index < -0.39 is 5.97 Å². The van der Waals surface area contributed by atoms with Crippen molar-refractivity contribution in [3.8, 4) is 0 Å². The predicted molar refractivity (Wildman–Crippen MR) is 81.4 cm³/mol. The molecular weight excluding hydrogens is 296 g/mol. The number of hydrogen-bond acceptors (Lipinski definition) is 5. The number of esters is 1. The quantitative estimate of drug-likeness (QED) is 0.652. The number of carbonyl (C=O) groups excluding carboxylic acids is 1. The number of ether oxygens (including phenoxy) is 1. The maximum Gasteiger partial charge on any atom is 0.358 e. The van der Waals surface area contributed by atoms with Crippen LogP contribution in [0.4, 0.5) is 5.13 Å². The molecule has 1 aromatic heterocycles. The van der Waals surface area contributed by atoms with Crippen LogP contribution in [0.3, 0.4) is 0 Å². The number of nitrogens with zero attached hydrogens (tertiary/aromatic N) is 1. The van der Waals surface area contributed by atoms with Crippen molar-refractivity contribution in [2.75, 3.05) is 11.9 Å². The lowest BCUT2D eigenvalue weighted by Crippen LogP contribution is -2.06. The maximum atomic E-state index is 11.8. The Morgan fingerprint density at radius 1 is 1.50 bits per heavy atom. The van der Waals surface area contributed by atoms with Gasteiger partial charge in [-0.2, -0.15) is 0 Å². The Morgan fingerprint density at radius 3 is 3.05 bits per heavy atom. The minimum Gasteiger partial charge on any atom is -0.456 e. The summed E-state index contributed by atoms with van der Waals surface area (Å²) in [4.78, 5) is 16.0. The van der Waals surface area contributed by atoms with E-state index in [-0.39, 0.29) is 12.3 Å². The molecule has 0 aliphatic carbocycles. The summed E-state index contributed by atoms with van der Waals surface area (Å²) in [5.41, 5.74) is 1.05. The van der Waals surface area contributed by atoms with E-state index in [0.717, 1.165) is 5.56 Å². The van der Waals surface area contributed by atoms with Crippen molar-refractivity contribution in [3.05, 3.63) is 58.6 Å². The second kappa shape index (κ2) is 7.07. The van der Waals surface area contributed by atoms with Crippen LogP contribution in [-0.4, -0.2) is 17.5 Å². The zero-order valence-electron chi connectivity index (χ0n) is 10.6. The van der Waals surface area contributed by atoms with Gasteiger partial charge in [0.1, 0.15) is 6.61 Å². The van der Waals surface area contributed by atoms with Gasteiger partial charge in [-0.3, -0.25) is 0 Å². The minimum absolute atomic E-state index is 0.130. The zero-order valence-corrected chi connectivity index (χ0v) is 12.2. The second-order valence-electron chi connectivity index (χ2n) is 3.88. The highest BCUT2D eigenvalue weighted by molar-refractivity contribution is 7.13. The molecule has 104 valence electrons. The molecule has 0 bridgehead atoms. The zero-order chi connectivity index (χ0) is 14.4. The SMILES string of the molecule is C=CCNc1nc(C(=O)OCc2ccccc2Cl)cs1. The standard InChI is InChI=1S/C14H13ClN2O2S/c1-2-7-16-14-17-12(9-20-14)13(18)19-8-10-5-3-4-6-11(10)15/h2-6,9H,1,7-8H2,(H,16,17). The molecule has 1 heterocycles. The highest BCUT2D eigenvalue weighted by Crippen LogP contribution is 2.18. The first kappa shape index (κ1) is 14.6. The van der Waals surface area contributed by atoms with Crippen LogP contribution < -0.4 is 5.32 Å². The molecule has 0 atom stereocenters. The summed E-state index contributed by atoms with van der Waals surface area (Å²) >= 11 is 7.34. The molecule has 2 rings (SSSR count). The van der Waals surface area contributed by atoms with Crippen molar-refractivity contribution >= 4 is 34.0 Å². The summed E-state index contributed by atoms with van der Waals surface area (Å²) in [7, 11) is 0. The number of thiazole rings is 1. The van der Waals surface area contributed by atoms with Gasteiger partial charge < -0.3 is 10.1 Å². The van der Waals surface area contributed by atoms with Crippen LogP contribution in [0, 0.1) is 0 Å². The Kier molecular flexibility index (Phi) is 5.15. The summed E-state index contributed by atoms with van der Waals surface area (Å²) < 4.78 is 5.19. The summed E-state index contributed by atoms with van der Waals surface area (Å²) in [5.74, 6) is -0.465. The van der Waals surface area contributed by atoms with Crippen molar-refractivity contribution in [1.82, 2.24) is 4.98 Å². The van der Waals surface area contributed by atoms with E-state index in [9.17, 15) is 4.79 Å². The Labute approximate surface area is 126 Å². The van der Waals surface area contributed by atoms with E-state index in [0.29, 0.717) is 16.7 Å². The van der Waals surface area contributed by atoms with E-state index in [2.05, 4.69) is 16.9 Å². The third-order valence-corrected chi connectivity index (χ3v) is 3.60. The van der Waals surface area contributed by atoms with Gasteiger partial charge in [0.25, 0.3) is 0 Å². The molecule has 0 amide bonds. The fourth-order valence-corrected chi connectivity index (χ4v) is 2.32. The molecule has 20 heavy (non-hydrogen) atoms. The lowest BCUT2D eigenvalue weighted by Gasteiger charge is -2.04. The number of aromatic nitrogens is 1. The molecule has 0 spiro atoms. The molecule has 2 aromatic rings. The molecular formula is C14H13ClN2O2S. The number of rotatable bonds is 6. The minimum atomic E-state index is -0.465. The number of carbonyl (C=O) groups is 1. The van der Waals surface area contributed by atoms with Gasteiger partial charge in [0.05, 0.1) is 0 Å². The molecule has 1 aromatic carbocycles. The van der Waals surface area contributed by atoms with Crippen LogP contribution in [0.1, 0.15) is 16.1 Å². The van der Waals surface area contributed by atoms with E-state index in [1.807, 2.05) is 18.2 Å². The average Bonchev–Trinajstić information content (AvgIpc) is 2.93. The largest absolute Gasteiger partial charge is 0.456 e. The van der Waals surface area contributed by atoms with Gasteiger partial charge in [0, 0.05) is 22.5 Å². The van der Waals surface area contributed by atoms with E-state index >= 15 is 0 Å². The second-order valence-corrected chi connectivity index (χ2v) is 5.14. The van der Waals surface area contributed by atoms with Crippen molar-refractivity contribution in [1.29, 1.82) is 0 Å². The third-order valence-electron chi connectivity index (χ3n) is 2.43. The summed E-state index contributed by atoms with van der Waals surface area (Å²) in [6.07, 6.45) is 1.72. The lowest BCUT2D eigenvalue weighted by molar-refractivity contribution is 0.0467. The van der Waals surface area contributed by atoms with Gasteiger partial charge in [-0.15, -0.1) is 17.9 Å². The van der Waals surface area contributed by atoms with Crippen LogP contribution in [0.5, 0.6) is 0 Å². The molecule has 0 aliphatic heterocycles. The number of benzene rings is 1. The van der Waals surface area contributed by atoms with Crippen LogP contribution in [0.25, 0.3) is 0 Å². The van der Waals surface area contributed by atoms with Crippen LogP contribution >= 0.6 is 22.9 Å². The average molecular weight is 309 g/mol. The van der Waals surface area contributed by atoms with Crippen molar-refractivity contribution < 1.29 is 9.53 Å². The Morgan fingerprint density at radius 2 is 2.30 bits per heavy atom. The number of halogens is 1. The molecule has 1 N–H and O–H groups in total. The fourth-order valence-electron chi connectivity index (χ4n) is 1.44. The number of hydrogen-bond donors (Lipinski definition) is 1. The highest BCUT2D eigenvalue weighted by Gasteiger charge is 2.12. The van der Waals surface area contributed by atoms with Gasteiger partial charge in [-0.05, 0) is 6.07 Å². The maximum absolute atomic E-state index is 11.8. The van der Waals surface area contributed by atoms with Gasteiger partial charge in [0.15, 0.2) is 10.8 Å². The summed E-state index contributed by atoms with van der Waals surface area (Å²) in [6, 6.07) is 7.24. The lowest BCUT2D eigenvalue weighted by atomic mass is 10.2. The van der Waals surface area contributed by atoms with Crippen LogP contribution in [0.2, 0.25) is 5.02 Å².